The number of hydrogen-bond donors (Lipinski definition) is 1. The van der Waals surface area contributed by atoms with E-state index in [1.807, 2.05) is 0 Å². The first kappa shape index (κ1) is 11.8. The van der Waals surface area contributed by atoms with Gasteiger partial charge in [-0.3, -0.25) is 0 Å². The monoisotopic (exact) mass is 208 g/mol. The SMILES string of the molecule is COCCCC#CC1=C(C(=O)O)CCC1. The highest BCUT2D eigenvalue weighted by atomic mass is 16.5. The van der Waals surface area contributed by atoms with Gasteiger partial charge in [0, 0.05) is 31.3 Å². The van der Waals surface area contributed by atoms with E-state index in [2.05, 4.69) is 11.8 Å². The van der Waals surface area contributed by atoms with Crippen LogP contribution in [0.1, 0.15) is 32.1 Å². The van der Waals surface area contributed by atoms with E-state index in [0.29, 0.717) is 18.6 Å². The van der Waals surface area contributed by atoms with Crippen LogP contribution in [0.2, 0.25) is 0 Å². The van der Waals surface area contributed by atoms with Crippen molar-refractivity contribution < 1.29 is 14.6 Å². The van der Waals surface area contributed by atoms with Gasteiger partial charge >= 0.3 is 5.97 Å². The predicted molar refractivity (Wildman–Crippen MR) is 57.4 cm³/mol. The Morgan fingerprint density at radius 2 is 2.33 bits per heavy atom. The van der Waals surface area contributed by atoms with Crippen LogP contribution < -0.4 is 0 Å². The molecule has 3 heteroatoms. The summed E-state index contributed by atoms with van der Waals surface area (Å²) >= 11 is 0. The summed E-state index contributed by atoms with van der Waals surface area (Å²) in [4.78, 5) is 10.8. The van der Waals surface area contributed by atoms with Crippen LogP contribution in [0.25, 0.3) is 0 Å². The van der Waals surface area contributed by atoms with Crippen molar-refractivity contribution >= 4 is 5.97 Å². The van der Waals surface area contributed by atoms with E-state index in [1.54, 1.807) is 7.11 Å². The van der Waals surface area contributed by atoms with E-state index in [0.717, 1.165) is 31.3 Å². The third kappa shape index (κ3) is 3.77. The van der Waals surface area contributed by atoms with Crippen molar-refractivity contribution in [1.82, 2.24) is 0 Å². The average molecular weight is 208 g/mol. The smallest absolute Gasteiger partial charge is 0.332 e. The van der Waals surface area contributed by atoms with Gasteiger partial charge in [-0.1, -0.05) is 11.8 Å². The summed E-state index contributed by atoms with van der Waals surface area (Å²) in [7, 11) is 1.66. The lowest BCUT2D eigenvalue weighted by atomic mass is 10.1. The summed E-state index contributed by atoms with van der Waals surface area (Å²) in [5.74, 6) is 5.15. The molecule has 0 aliphatic heterocycles. The van der Waals surface area contributed by atoms with E-state index in [9.17, 15) is 4.79 Å². The maximum Gasteiger partial charge on any atom is 0.332 e. The van der Waals surface area contributed by atoms with Crippen molar-refractivity contribution in [2.45, 2.75) is 32.1 Å². The highest BCUT2D eigenvalue weighted by Crippen LogP contribution is 2.25. The van der Waals surface area contributed by atoms with E-state index < -0.39 is 5.97 Å². The Morgan fingerprint density at radius 1 is 1.53 bits per heavy atom. The van der Waals surface area contributed by atoms with Gasteiger partial charge in [0.1, 0.15) is 0 Å². The van der Waals surface area contributed by atoms with Crippen molar-refractivity contribution in [3.63, 3.8) is 0 Å². The molecule has 0 fully saturated rings. The van der Waals surface area contributed by atoms with Crippen molar-refractivity contribution in [2.24, 2.45) is 0 Å². The number of hydrogen-bond acceptors (Lipinski definition) is 2. The van der Waals surface area contributed by atoms with E-state index in [-0.39, 0.29) is 0 Å². The summed E-state index contributed by atoms with van der Waals surface area (Å²) in [6.07, 6.45) is 4.07. The highest BCUT2D eigenvalue weighted by molar-refractivity contribution is 5.89. The van der Waals surface area contributed by atoms with Crippen LogP contribution in [0.4, 0.5) is 0 Å². The molecule has 15 heavy (non-hydrogen) atoms. The van der Waals surface area contributed by atoms with Gasteiger partial charge in [0.15, 0.2) is 0 Å². The Balaban J connectivity index is 2.48. The van der Waals surface area contributed by atoms with Crippen molar-refractivity contribution in [3.05, 3.63) is 11.1 Å². The van der Waals surface area contributed by atoms with Crippen LogP contribution >= 0.6 is 0 Å². The summed E-state index contributed by atoms with van der Waals surface area (Å²) in [6.45, 7) is 0.708. The predicted octanol–water partition coefficient (Wildman–Crippen LogP) is 1.98. The molecule has 0 saturated carbocycles. The number of unbranched alkanes of at least 4 members (excludes halogenated alkanes) is 1. The third-order valence-electron chi connectivity index (χ3n) is 2.37. The third-order valence-corrected chi connectivity index (χ3v) is 2.37. The van der Waals surface area contributed by atoms with E-state index in [1.165, 1.54) is 0 Å². The second kappa shape index (κ2) is 6.26. The molecule has 1 rings (SSSR count). The number of allylic oxidation sites excluding steroid dienone is 1. The number of carboxylic acid groups (broad SMARTS) is 1. The minimum Gasteiger partial charge on any atom is -0.478 e. The summed E-state index contributed by atoms with van der Waals surface area (Å²) in [5, 5.41) is 8.88. The highest BCUT2D eigenvalue weighted by Gasteiger charge is 2.18. The molecule has 1 aliphatic rings. The zero-order valence-corrected chi connectivity index (χ0v) is 9.01. The molecule has 0 aromatic heterocycles. The molecule has 0 unspecified atom stereocenters. The lowest BCUT2D eigenvalue weighted by Crippen LogP contribution is -1.98. The second-order valence-electron chi connectivity index (χ2n) is 3.51. The number of aliphatic carboxylic acids is 1. The zero-order chi connectivity index (χ0) is 11.1. The molecule has 0 amide bonds. The largest absolute Gasteiger partial charge is 0.478 e. The Hall–Kier alpha value is -1.27. The molecule has 3 nitrogen and oxygen atoms in total. The molecule has 0 aromatic carbocycles. The number of carboxylic acids is 1. The normalized spacial score (nSPS) is 15.0. The number of carbonyl (C=O) groups is 1. The van der Waals surface area contributed by atoms with Gasteiger partial charge in [-0.25, -0.2) is 4.79 Å². The maximum atomic E-state index is 10.8. The standard InChI is InChI=1S/C12H16O3/c1-15-9-4-2-3-6-10-7-5-8-11(10)12(13)14/h2,4-5,7-9H2,1H3,(H,13,14). The number of methoxy groups -OCH3 is 1. The fourth-order valence-corrected chi connectivity index (χ4v) is 1.59. The number of rotatable bonds is 4. The summed E-state index contributed by atoms with van der Waals surface area (Å²) in [5.41, 5.74) is 1.33. The zero-order valence-electron chi connectivity index (χ0n) is 9.01. The van der Waals surface area contributed by atoms with Gasteiger partial charge in [-0.2, -0.15) is 0 Å². The second-order valence-corrected chi connectivity index (χ2v) is 3.51. The van der Waals surface area contributed by atoms with Crippen molar-refractivity contribution in [1.29, 1.82) is 0 Å². The average Bonchev–Trinajstić information content (AvgIpc) is 2.66. The fourth-order valence-electron chi connectivity index (χ4n) is 1.59. The van der Waals surface area contributed by atoms with Gasteiger partial charge < -0.3 is 9.84 Å². The van der Waals surface area contributed by atoms with Gasteiger partial charge in [0.2, 0.25) is 0 Å². The fraction of sp³-hybridized carbons (Fsp3) is 0.583. The molecule has 0 atom stereocenters. The Morgan fingerprint density at radius 3 is 3.00 bits per heavy atom. The summed E-state index contributed by atoms with van der Waals surface area (Å²) < 4.78 is 4.90. The molecular weight excluding hydrogens is 192 g/mol. The quantitative estimate of drug-likeness (QED) is 0.567. The molecule has 0 bridgehead atoms. The molecule has 0 aromatic rings. The lowest BCUT2D eigenvalue weighted by molar-refractivity contribution is -0.132. The van der Waals surface area contributed by atoms with Gasteiger partial charge in [0.25, 0.3) is 0 Å². The Bertz CT molecular complexity index is 317. The van der Waals surface area contributed by atoms with Crippen molar-refractivity contribution in [2.75, 3.05) is 13.7 Å². The Kier molecular flexibility index (Phi) is 4.92. The van der Waals surface area contributed by atoms with Crippen LogP contribution in [0.15, 0.2) is 11.1 Å². The van der Waals surface area contributed by atoms with Crippen LogP contribution in [0.5, 0.6) is 0 Å². The molecule has 82 valence electrons. The molecular formula is C12H16O3. The minimum absolute atomic E-state index is 0.509. The van der Waals surface area contributed by atoms with Crippen molar-refractivity contribution in [3.8, 4) is 11.8 Å². The van der Waals surface area contributed by atoms with E-state index in [4.69, 9.17) is 9.84 Å². The first-order chi connectivity index (χ1) is 7.25. The summed E-state index contributed by atoms with van der Waals surface area (Å²) in [6, 6.07) is 0. The van der Waals surface area contributed by atoms with Crippen LogP contribution in [0.3, 0.4) is 0 Å². The molecule has 0 radical (unpaired) electrons. The first-order valence-electron chi connectivity index (χ1n) is 5.19. The van der Waals surface area contributed by atoms with Crippen LogP contribution in [-0.2, 0) is 9.53 Å². The molecule has 0 heterocycles. The molecule has 0 saturated heterocycles. The minimum atomic E-state index is -0.811. The molecule has 1 N–H and O–H groups in total. The maximum absolute atomic E-state index is 10.8. The molecule has 0 spiro atoms. The lowest BCUT2D eigenvalue weighted by Gasteiger charge is -1.94. The number of ether oxygens (including phenoxy) is 1. The topological polar surface area (TPSA) is 46.5 Å². The van der Waals surface area contributed by atoms with Gasteiger partial charge in [-0.15, -0.1) is 0 Å². The van der Waals surface area contributed by atoms with Crippen LogP contribution in [-0.4, -0.2) is 24.8 Å². The van der Waals surface area contributed by atoms with Gasteiger partial charge in [-0.05, 0) is 25.7 Å². The first-order valence-corrected chi connectivity index (χ1v) is 5.19. The molecule has 1 aliphatic carbocycles. The Labute approximate surface area is 90.1 Å². The van der Waals surface area contributed by atoms with Crippen LogP contribution in [0, 0.1) is 11.8 Å². The van der Waals surface area contributed by atoms with E-state index >= 15 is 0 Å². The van der Waals surface area contributed by atoms with Gasteiger partial charge in [0.05, 0.1) is 0 Å².